The van der Waals surface area contributed by atoms with Gasteiger partial charge in [0.2, 0.25) is 0 Å². The minimum atomic E-state index is 0.727. The molecule has 0 aliphatic carbocycles. The van der Waals surface area contributed by atoms with Gasteiger partial charge in [-0.15, -0.1) is 0 Å². The number of anilines is 1. The van der Waals surface area contributed by atoms with E-state index in [2.05, 4.69) is 0 Å². The topological polar surface area (TPSA) is 48.1 Å². The zero-order chi connectivity index (χ0) is 16.4. The Morgan fingerprint density at radius 1 is 0.708 bits per heavy atom. The van der Waals surface area contributed by atoms with Crippen LogP contribution in [-0.4, -0.2) is 4.98 Å². The number of nitrogens with zero attached hydrogens (tertiary/aromatic N) is 1. The maximum atomic E-state index is 6.18. The van der Waals surface area contributed by atoms with Crippen LogP contribution >= 0.6 is 0 Å². The lowest BCUT2D eigenvalue weighted by Crippen LogP contribution is -1.93. The van der Waals surface area contributed by atoms with Crippen LogP contribution in [-0.2, 0) is 0 Å². The second-order valence-corrected chi connectivity index (χ2v) is 5.56. The average Bonchev–Trinajstić information content (AvgIpc) is 2.63. The predicted molar refractivity (Wildman–Crippen MR) is 98.1 cm³/mol. The highest BCUT2D eigenvalue weighted by atomic mass is 16.5. The summed E-state index contributed by atoms with van der Waals surface area (Å²) in [5, 5.41) is 0.970. The SMILES string of the molecule is Nc1cc(-c2cccc(Oc3ccccc3)c2)nc2ccccc12. The van der Waals surface area contributed by atoms with Gasteiger partial charge in [-0.1, -0.05) is 48.5 Å². The molecule has 0 atom stereocenters. The van der Waals surface area contributed by atoms with Crippen LogP contribution in [0.4, 0.5) is 5.69 Å². The Morgan fingerprint density at radius 2 is 1.46 bits per heavy atom. The second-order valence-electron chi connectivity index (χ2n) is 5.56. The molecule has 0 aliphatic rings. The molecule has 3 heteroatoms. The van der Waals surface area contributed by atoms with Crippen LogP contribution in [0.15, 0.2) is 84.9 Å². The molecule has 3 nitrogen and oxygen atoms in total. The molecule has 0 radical (unpaired) electrons. The lowest BCUT2D eigenvalue weighted by Gasteiger charge is -2.09. The second kappa shape index (κ2) is 6.05. The van der Waals surface area contributed by atoms with Gasteiger partial charge in [-0.25, -0.2) is 4.98 Å². The lowest BCUT2D eigenvalue weighted by molar-refractivity contribution is 0.483. The van der Waals surface area contributed by atoms with E-state index in [9.17, 15) is 0 Å². The van der Waals surface area contributed by atoms with E-state index in [4.69, 9.17) is 15.5 Å². The fourth-order valence-electron chi connectivity index (χ4n) is 2.69. The number of ether oxygens (including phenoxy) is 1. The van der Waals surface area contributed by atoms with Crippen molar-refractivity contribution in [1.82, 2.24) is 4.98 Å². The molecule has 0 saturated heterocycles. The molecule has 0 fully saturated rings. The highest BCUT2D eigenvalue weighted by molar-refractivity contribution is 5.92. The summed E-state index contributed by atoms with van der Waals surface area (Å²) in [6.45, 7) is 0. The van der Waals surface area contributed by atoms with E-state index in [1.54, 1.807) is 0 Å². The van der Waals surface area contributed by atoms with Crippen molar-refractivity contribution in [2.45, 2.75) is 0 Å². The van der Waals surface area contributed by atoms with Gasteiger partial charge in [0, 0.05) is 16.6 Å². The van der Waals surface area contributed by atoms with Crippen molar-refractivity contribution < 1.29 is 4.74 Å². The third kappa shape index (κ3) is 2.79. The number of hydrogen-bond acceptors (Lipinski definition) is 3. The third-order valence-corrected chi connectivity index (χ3v) is 3.86. The number of para-hydroxylation sites is 2. The summed E-state index contributed by atoms with van der Waals surface area (Å²) in [4.78, 5) is 4.72. The number of rotatable bonds is 3. The summed E-state index contributed by atoms with van der Waals surface area (Å²) >= 11 is 0. The van der Waals surface area contributed by atoms with E-state index in [-0.39, 0.29) is 0 Å². The minimum absolute atomic E-state index is 0.727. The van der Waals surface area contributed by atoms with E-state index in [1.807, 2.05) is 84.9 Å². The van der Waals surface area contributed by atoms with Gasteiger partial charge in [-0.3, -0.25) is 0 Å². The molecule has 0 saturated carbocycles. The van der Waals surface area contributed by atoms with Gasteiger partial charge in [0.1, 0.15) is 11.5 Å². The molecule has 3 aromatic carbocycles. The normalized spacial score (nSPS) is 10.7. The van der Waals surface area contributed by atoms with Crippen molar-refractivity contribution in [3.8, 4) is 22.8 Å². The molecule has 4 rings (SSSR count). The fraction of sp³-hybridized carbons (Fsp3) is 0. The molecule has 0 unspecified atom stereocenters. The van der Waals surface area contributed by atoms with Crippen LogP contribution in [0.2, 0.25) is 0 Å². The van der Waals surface area contributed by atoms with Crippen molar-refractivity contribution in [2.24, 2.45) is 0 Å². The molecule has 24 heavy (non-hydrogen) atoms. The number of nitrogen functional groups attached to an aromatic ring is 1. The standard InChI is InChI=1S/C21H16N2O/c22-19-14-21(23-20-12-5-4-11-18(19)20)15-7-6-10-17(13-15)24-16-8-2-1-3-9-16/h1-14H,(H2,22,23). The van der Waals surface area contributed by atoms with Crippen LogP contribution in [0, 0.1) is 0 Å². The molecule has 1 aromatic heterocycles. The number of hydrogen-bond donors (Lipinski definition) is 1. The van der Waals surface area contributed by atoms with Gasteiger partial charge in [0.05, 0.1) is 11.2 Å². The van der Waals surface area contributed by atoms with Gasteiger partial charge in [0.15, 0.2) is 0 Å². The predicted octanol–water partition coefficient (Wildman–Crippen LogP) is 5.28. The zero-order valence-electron chi connectivity index (χ0n) is 13.0. The number of benzene rings is 3. The smallest absolute Gasteiger partial charge is 0.128 e. The molecule has 116 valence electrons. The van der Waals surface area contributed by atoms with Crippen molar-refractivity contribution in [3.63, 3.8) is 0 Å². The first-order valence-electron chi connectivity index (χ1n) is 7.78. The Labute approximate surface area is 140 Å². The molecular weight excluding hydrogens is 296 g/mol. The molecule has 0 aliphatic heterocycles. The third-order valence-electron chi connectivity index (χ3n) is 3.86. The number of pyridine rings is 1. The van der Waals surface area contributed by atoms with Gasteiger partial charge in [-0.05, 0) is 36.4 Å². The Hall–Kier alpha value is -3.33. The monoisotopic (exact) mass is 312 g/mol. The highest BCUT2D eigenvalue weighted by Crippen LogP contribution is 2.29. The van der Waals surface area contributed by atoms with Crippen LogP contribution in [0.3, 0.4) is 0 Å². The van der Waals surface area contributed by atoms with Crippen molar-refractivity contribution in [2.75, 3.05) is 5.73 Å². The highest BCUT2D eigenvalue weighted by Gasteiger charge is 2.06. The molecule has 0 spiro atoms. The Bertz CT molecular complexity index is 997. The summed E-state index contributed by atoms with van der Waals surface area (Å²) in [5.41, 5.74) is 9.61. The maximum Gasteiger partial charge on any atom is 0.128 e. The van der Waals surface area contributed by atoms with Crippen LogP contribution < -0.4 is 10.5 Å². The first-order valence-corrected chi connectivity index (χ1v) is 7.78. The number of aromatic nitrogens is 1. The van der Waals surface area contributed by atoms with Crippen molar-refractivity contribution in [3.05, 3.63) is 84.9 Å². The van der Waals surface area contributed by atoms with E-state index in [0.717, 1.165) is 39.3 Å². The van der Waals surface area contributed by atoms with E-state index >= 15 is 0 Å². The molecular formula is C21H16N2O. The van der Waals surface area contributed by atoms with E-state index < -0.39 is 0 Å². The molecule has 0 bridgehead atoms. The first-order chi connectivity index (χ1) is 11.8. The maximum absolute atomic E-state index is 6.18. The van der Waals surface area contributed by atoms with Crippen molar-refractivity contribution >= 4 is 16.6 Å². The van der Waals surface area contributed by atoms with Crippen LogP contribution in [0.1, 0.15) is 0 Å². The minimum Gasteiger partial charge on any atom is -0.457 e. The van der Waals surface area contributed by atoms with E-state index in [0.29, 0.717) is 0 Å². The number of nitrogens with two attached hydrogens (primary N) is 1. The van der Waals surface area contributed by atoms with E-state index in [1.165, 1.54) is 0 Å². The molecule has 2 N–H and O–H groups in total. The van der Waals surface area contributed by atoms with Gasteiger partial charge < -0.3 is 10.5 Å². The molecule has 0 amide bonds. The summed E-state index contributed by atoms with van der Waals surface area (Å²) in [5.74, 6) is 1.58. The summed E-state index contributed by atoms with van der Waals surface area (Å²) < 4.78 is 5.90. The Kier molecular flexibility index (Phi) is 3.60. The quantitative estimate of drug-likeness (QED) is 0.560. The lowest BCUT2D eigenvalue weighted by atomic mass is 10.1. The molecule has 4 aromatic rings. The first kappa shape index (κ1) is 14.3. The molecule has 1 heterocycles. The Balaban J connectivity index is 1.73. The Morgan fingerprint density at radius 3 is 2.33 bits per heavy atom. The van der Waals surface area contributed by atoms with Gasteiger partial charge >= 0.3 is 0 Å². The van der Waals surface area contributed by atoms with Crippen LogP contribution in [0.25, 0.3) is 22.2 Å². The summed E-state index contributed by atoms with van der Waals surface area (Å²) in [6, 6.07) is 27.4. The van der Waals surface area contributed by atoms with Crippen molar-refractivity contribution in [1.29, 1.82) is 0 Å². The fourth-order valence-corrected chi connectivity index (χ4v) is 2.69. The zero-order valence-corrected chi connectivity index (χ0v) is 13.0. The summed E-state index contributed by atoms with van der Waals surface area (Å²) in [6.07, 6.45) is 0. The van der Waals surface area contributed by atoms with Crippen LogP contribution in [0.5, 0.6) is 11.5 Å². The largest absolute Gasteiger partial charge is 0.457 e. The van der Waals surface area contributed by atoms with Gasteiger partial charge in [0.25, 0.3) is 0 Å². The van der Waals surface area contributed by atoms with Gasteiger partial charge in [-0.2, -0.15) is 0 Å². The summed E-state index contributed by atoms with van der Waals surface area (Å²) in [7, 11) is 0. The number of fused-ring (bicyclic) bond motifs is 1. The average molecular weight is 312 g/mol.